The Balaban J connectivity index is 1.75. The molecule has 0 aromatic carbocycles. The smallest absolute Gasteiger partial charge is 0.227 e. The lowest BCUT2D eigenvalue weighted by Gasteiger charge is -2.02. The van der Waals surface area contributed by atoms with E-state index in [2.05, 4.69) is 25.7 Å². The minimum atomic E-state index is 0.657. The zero-order chi connectivity index (χ0) is 12.3. The molecule has 1 N–H and O–H groups in total. The standard InChI is InChI=1S/C10H16N6O/c1-7-12-10(17-15-7)4-5-11-6-9-14-13-8(2)16(9)3/h11H,4-6H2,1-3H3. The second kappa shape index (κ2) is 5.05. The molecule has 2 heterocycles. The molecule has 0 aliphatic rings. The average Bonchev–Trinajstić information content (AvgIpc) is 2.84. The second-order valence-electron chi connectivity index (χ2n) is 3.88. The van der Waals surface area contributed by atoms with Crippen molar-refractivity contribution < 1.29 is 4.52 Å². The van der Waals surface area contributed by atoms with Crippen molar-refractivity contribution in [3.05, 3.63) is 23.4 Å². The molecule has 7 heteroatoms. The van der Waals surface area contributed by atoms with Crippen LogP contribution in [0.5, 0.6) is 0 Å². The van der Waals surface area contributed by atoms with Crippen LogP contribution in [-0.4, -0.2) is 31.4 Å². The summed E-state index contributed by atoms with van der Waals surface area (Å²) in [6.45, 7) is 5.19. The summed E-state index contributed by atoms with van der Waals surface area (Å²) in [6.07, 6.45) is 0.720. The van der Waals surface area contributed by atoms with Gasteiger partial charge in [-0.15, -0.1) is 10.2 Å². The predicted octanol–water partition coefficient (Wildman–Crippen LogP) is 0.147. The van der Waals surface area contributed by atoms with E-state index in [0.29, 0.717) is 18.3 Å². The molecule has 0 aliphatic heterocycles. The van der Waals surface area contributed by atoms with E-state index in [1.165, 1.54) is 0 Å². The highest BCUT2D eigenvalue weighted by molar-refractivity contribution is 4.92. The number of hydrogen-bond acceptors (Lipinski definition) is 6. The van der Waals surface area contributed by atoms with Crippen molar-refractivity contribution in [1.82, 2.24) is 30.2 Å². The van der Waals surface area contributed by atoms with Crippen LogP contribution in [0.1, 0.15) is 23.4 Å². The average molecular weight is 236 g/mol. The first-order valence-corrected chi connectivity index (χ1v) is 5.51. The van der Waals surface area contributed by atoms with Gasteiger partial charge in [0.05, 0.1) is 6.54 Å². The summed E-state index contributed by atoms with van der Waals surface area (Å²) in [7, 11) is 1.95. The zero-order valence-electron chi connectivity index (χ0n) is 10.3. The van der Waals surface area contributed by atoms with Gasteiger partial charge in [-0.05, 0) is 13.8 Å². The van der Waals surface area contributed by atoms with Crippen LogP contribution in [0.2, 0.25) is 0 Å². The fourth-order valence-corrected chi connectivity index (χ4v) is 1.44. The molecule has 92 valence electrons. The Bertz CT molecular complexity index is 489. The van der Waals surface area contributed by atoms with Crippen LogP contribution in [-0.2, 0) is 20.0 Å². The maximum absolute atomic E-state index is 5.01. The monoisotopic (exact) mass is 236 g/mol. The largest absolute Gasteiger partial charge is 0.339 e. The third-order valence-electron chi connectivity index (χ3n) is 2.55. The Morgan fingerprint density at radius 1 is 1.29 bits per heavy atom. The molecule has 2 aromatic rings. The summed E-state index contributed by atoms with van der Waals surface area (Å²) >= 11 is 0. The normalized spacial score (nSPS) is 11.0. The highest BCUT2D eigenvalue weighted by Crippen LogP contribution is 1.98. The van der Waals surface area contributed by atoms with E-state index in [1.54, 1.807) is 0 Å². The molecule has 2 aromatic heterocycles. The van der Waals surface area contributed by atoms with E-state index in [4.69, 9.17) is 4.52 Å². The lowest BCUT2D eigenvalue weighted by atomic mass is 10.4. The van der Waals surface area contributed by atoms with Gasteiger partial charge in [-0.2, -0.15) is 4.98 Å². The molecule has 17 heavy (non-hydrogen) atoms. The van der Waals surface area contributed by atoms with Gasteiger partial charge in [0, 0.05) is 20.0 Å². The summed E-state index contributed by atoms with van der Waals surface area (Å²) in [5.41, 5.74) is 0. The van der Waals surface area contributed by atoms with Crippen LogP contribution < -0.4 is 5.32 Å². The van der Waals surface area contributed by atoms with Crippen LogP contribution in [0, 0.1) is 13.8 Å². The molecular weight excluding hydrogens is 220 g/mol. The van der Waals surface area contributed by atoms with Crippen molar-refractivity contribution >= 4 is 0 Å². The Kier molecular flexibility index (Phi) is 3.48. The summed E-state index contributed by atoms with van der Waals surface area (Å²) in [5, 5.41) is 15.0. The van der Waals surface area contributed by atoms with Crippen molar-refractivity contribution in [1.29, 1.82) is 0 Å². The fourth-order valence-electron chi connectivity index (χ4n) is 1.44. The van der Waals surface area contributed by atoms with Crippen molar-refractivity contribution in [3.63, 3.8) is 0 Å². The van der Waals surface area contributed by atoms with Gasteiger partial charge in [0.1, 0.15) is 11.6 Å². The molecule has 2 rings (SSSR count). The summed E-state index contributed by atoms with van der Waals surface area (Å²) in [4.78, 5) is 4.13. The number of hydrogen-bond donors (Lipinski definition) is 1. The lowest BCUT2D eigenvalue weighted by molar-refractivity contribution is 0.372. The first-order valence-electron chi connectivity index (χ1n) is 5.51. The van der Waals surface area contributed by atoms with E-state index in [0.717, 1.165) is 24.6 Å². The molecule has 0 atom stereocenters. The third kappa shape index (κ3) is 2.88. The zero-order valence-corrected chi connectivity index (χ0v) is 10.3. The lowest BCUT2D eigenvalue weighted by Crippen LogP contribution is -2.19. The third-order valence-corrected chi connectivity index (χ3v) is 2.55. The molecule has 0 unspecified atom stereocenters. The minimum Gasteiger partial charge on any atom is -0.339 e. The summed E-state index contributed by atoms with van der Waals surface area (Å²) in [5.74, 6) is 3.16. The van der Waals surface area contributed by atoms with Crippen LogP contribution >= 0.6 is 0 Å². The maximum atomic E-state index is 5.01. The van der Waals surface area contributed by atoms with Crippen LogP contribution in [0.4, 0.5) is 0 Å². The van der Waals surface area contributed by atoms with Gasteiger partial charge in [-0.1, -0.05) is 5.16 Å². The van der Waals surface area contributed by atoms with Gasteiger partial charge in [0.25, 0.3) is 0 Å². The molecule has 0 bridgehead atoms. The molecular formula is C10H16N6O. The molecule has 0 amide bonds. The molecule has 7 nitrogen and oxygen atoms in total. The van der Waals surface area contributed by atoms with Gasteiger partial charge in [-0.3, -0.25) is 0 Å². The van der Waals surface area contributed by atoms with Crippen molar-refractivity contribution in [2.24, 2.45) is 7.05 Å². The summed E-state index contributed by atoms with van der Waals surface area (Å²) in [6, 6.07) is 0. The molecule has 0 fully saturated rings. The molecule has 0 aliphatic carbocycles. The van der Waals surface area contributed by atoms with Gasteiger partial charge in [-0.25, -0.2) is 0 Å². The van der Waals surface area contributed by atoms with Gasteiger partial charge in [0.15, 0.2) is 5.82 Å². The number of aromatic nitrogens is 5. The SMILES string of the molecule is Cc1noc(CCNCc2nnc(C)n2C)n1. The first kappa shape index (κ1) is 11.7. The molecule has 0 radical (unpaired) electrons. The molecule has 0 saturated heterocycles. The van der Waals surface area contributed by atoms with Crippen molar-refractivity contribution in [2.75, 3.05) is 6.54 Å². The van der Waals surface area contributed by atoms with E-state index in [-0.39, 0.29) is 0 Å². The Hall–Kier alpha value is -1.76. The van der Waals surface area contributed by atoms with Gasteiger partial charge in [0.2, 0.25) is 5.89 Å². The van der Waals surface area contributed by atoms with E-state index >= 15 is 0 Å². The number of nitrogens with one attached hydrogen (secondary N) is 1. The van der Waals surface area contributed by atoms with E-state index in [1.807, 2.05) is 25.5 Å². The number of rotatable bonds is 5. The quantitative estimate of drug-likeness (QED) is 0.744. The van der Waals surface area contributed by atoms with Crippen LogP contribution in [0.15, 0.2) is 4.52 Å². The highest BCUT2D eigenvalue weighted by atomic mass is 16.5. The number of nitrogens with zero attached hydrogens (tertiary/aromatic N) is 5. The maximum Gasteiger partial charge on any atom is 0.227 e. The molecule has 0 saturated carbocycles. The van der Waals surface area contributed by atoms with Crippen molar-refractivity contribution in [3.8, 4) is 0 Å². The van der Waals surface area contributed by atoms with Gasteiger partial charge < -0.3 is 14.4 Å². The van der Waals surface area contributed by atoms with E-state index in [9.17, 15) is 0 Å². The van der Waals surface area contributed by atoms with Gasteiger partial charge >= 0.3 is 0 Å². The Morgan fingerprint density at radius 2 is 2.12 bits per heavy atom. The fraction of sp³-hybridized carbons (Fsp3) is 0.600. The number of aryl methyl sites for hydroxylation is 2. The summed E-state index contributed by atoms with van der Waals surface area (Å²) < 4.78 is 6.97. The van der Waals surface area contributed by atoms with Crippen molar-refractivity contribution in [2.45, 2.75) is 26.8 Å². The predicted molar refractivity (Wildman–Crippen MR) is 60.2 cm³/mol. The topological polar surface area (TPSA) is 81.7 Å². The minimum absolute atomic E-state index is 0.657. The van der Waals surface area contributed by atoms with Crippen LogP contribution in [0.3, 0.4) is 0 Å². The van der Waals surface area contributed by atoms with Crippen LogP contribution in [0.25, 0.3) is 0 Å². The molecule has 0 spiro atoms. The highest BCUT2D eigenvalue weighted by Gasteiger charge is 2.05. The Labute approximate surface area is 99.2 Å². The van der Waals surface area contributed by atoms with E-state index < -0.39 is 0 Å². The second-order valence-corrected chi connectivity index (χ2v) is 3.88. The first-order chi connectivity index (χ1) is 8.16. The Morgan fingerprint density at radius 3 is 2.71 bits per heavy atom.